The van der Waals surface area contributed by atoms with Crippen molar-refractivity contribution in [3.63, 3.8) is 0 Å². The molecule has 0 bridgehead atoms. The molecule has 2 heterocycles. The molecule has 6 rings (SSSR count). The summed E-state index contributed by atoms with van der Waals surface area (Å²) in [5, 5.41) is 30.7. The highest BCUT2D eigenvalue weighted by molar-refractivity contribution is 7.99. The number of aromatic nitrogens is 4. The van der Waals surface area contributed by atoms with E-state index >= 15 is 0 Å². The zero-order chi connectivity index (χ0) is 31.3. The smallest absolute Gasteiger partial charge is 0.340 e. The molecule has 44 heavy (non-hydrogen) atoms. The number of esters is 2. The van der Waals surface area contributed by atoms with Crippen LogP contribution < -0.4 is 0 Å². The van der Waals surface area contributed by atoms with Crippen LogP contribution in [-0.2, 0) is 9.47 Å². The van der Waals surface area contributed by atoms with Crippen molar-refractivity contribution in [2.45, 2.75) is 9.79 Å². The Hall–Kier alpha value is -5.89. The number of phenols is 1. The molecule has 0 fully saturated rings. The number of hydrogen-bond donors (Lipinski definition) is 3. The number of fused-ring (bicyclic) bond motifs is 4. The number of ether oxygens (including phenoxy) is 2. The Morgan fingerprint density at radius 2 is 1.11 bits per heavy atom. The summed E-state index contributed by atoms with van der Waals surface area (Å²) >= 11 is 0.926. The van der Waals surface area contributed by atoms with Gasteiger partial charge < -0.3 is 24.8 Å². The second-order valence-electron chi connectivity index (χ2n) is 9.30. The fourth-order valence-corrected chi connectivity index (χ4v) is 5.70. The number of phenolic OH excluding ortho intramolecular Hbond substituents is 1. The normalized spacial score (nSPS) is 11.2. The van der Waals surface area contributed by atoms with Crippen LogP contribution >= 0.6 is 11.8 Å². The Morgan fingerprint density at radius 3 is 1.68 bits per heavy atom. The Balaban J connectivity index is 1.60. The first kappa shape index (κ1) is 28.2. The van der Waals surface area contributed by atoms with Gasteiger partial charge in [0.2, 0.25) is 0 Å². The van der Waals surface area contributed by atoms with E-state index in [1.165, 1.54) is 62.8 Å². The van der Waals surface area contributed by atoms with E-state index in [-0.39, 0.29) is 71.3 Å². The van der Waals surface area contributed by atoms with Crippen molar-refractivity contribution in [2.24, 2.45) is 0 Å². The Labute approximate surface area is 250 Å². The summed E-state index contributed by atoms with van der Waals surface area (Å²) in [6.07, 6.45) is 0. The molecular weight excluding hydrogens is 592 g/mol. The SMILES string of the molecule is COC(=O)c1cc(Sc2cc(C(=O)OC)c3nc4cccc(C(=O)O)c4nc3c2O)cc2nc3c(C(=O)O)cccc3nc12. The van der Waals surface area contributed by atoms with E-state index in [4.69, 9.17) is 9.47 Å². The molecule has 0 amide bonds. The molecule has 4 aromatic carbocycles. The lowest BCUT2D eigenvalue weighted by Crippen LogP contribution is -2.07. The largest absolute Gasteiger partial charge is 0.504 e. The Bertz CT molecular complexity index is 2250. The highest BCUT2D eigenvalue weighted by atomic mass is 32.2. The first-order chi connectivity index (χ1) is 21.1. The third kappa shape index (κ3) is 4.62. The van der Waals surface area contributed by atoms with Crippen molar-refractivity contribution in [3.05, 3.63) is 76.9 Å². The van der Waals surface area contributed by atoms with Gasteiger partial charge >= 0.3 is 23.9 Å². The van der Waals surface area contributed by atoms with Crippen LogP contribution in [0.15, 0.2) is 64.4 Å². The van der Waals surface area contributed by atoms with E-state index in [9.17, 15) is 34.5 Å². The Morgan fingerprint density at radius 1 is 0.614 bits per heavy atom. The number of para-hydroxylation sites is 2. The van der Waals surface area contributed by atoms with Gasteiger partial charge in [-0.1, -0.05) is 23.9 Å². The molecule has 0 radical (unpaired) electrons. The number of rotatable bonds is 6. The molecule has 218 valence electrons. The number of aromatic hydroxyl groups is 1. The van der Waals surface area contributed by atoms with Gasteiger partial charge in [-0.15, -0.1) is 0 Å². The first-order valence-corrected chi connectivity index (χ1v) is 13.4. The number of hydrogen-bond acceptors (Lipinski definition) is 12. The summed E-state index contributed by atoms with van der Waals surface area (Å²) in [5.74, 6) is -4.40. The van der Waals surface area contributed by atoms with Crippen LogP contribution in [0.3, 0.4) is 0 Å². The maximum atomic E-state index is 12.8. The van der Waals surface area contributed by atoms with Crippen LogP contribution in [0.5, 0.6) is 5.75 Å². The average Bonchev–Trinajstić information content (AvgIpc) is 3.02. The van der Waals surface area contributed by atoms with Crippen molar-refractivity contribution in [2.75, 3.05) is 14.2 Å². The summed E-state index contributed by atoms with van der Waals surface area (Å²) in [7, 11) is 2.36. The summed E-state index contributed by atoms with van der Waals surface area (Å²) in [5.41, 5.74) is 0.429. The summed E-state index contributed by atoms with van der Waals surface area (Å²) in [6.45, 7) is 0. The molecule has 14 heteroatoms. The molecule has 0 atom stereocenters. The molecule has 0 saturated carbocycles. The molecule has 0 spiro atoms. The average molecular weight is 611 g/mol. The van der Waals surface area contributed by atoms with E-state index in [0.717, 1.165) is 11.8 Å². The van der Waals surface area contributed by atoms with Gasteiger partial charge in [-0.3, -0.25) is 0 Å². The van der Waals surface area contributed by atoms with Gasteiger partial charge in [0, 0.05) is 4.90 Å². The van der Waals surface area contributed by atoms with Crippen molar-refractivity contribution >= 4 is 79.8 Å². The fourth-order valence-electron chi connectivity index (χ4n) is 4.73. The van der Waals surface area contributed by atoms with Crippen LogP contribution in [-0.4, -0.2) is 73.4 Å². The highest BCUT2D eigenvalue weighted by Gasteiger charge is 2.24. The van der Waals surface area contributed by atoms with Gasteiger partial charge in [-0.25, -0.2) is 39.1 Å². The van der Waals surface area contributed by atoms with E-state index < -0.39 is 29.6 Å². The summed E-state index contributed by atoms with van der Waals surface area (Å²) < 4.78 is 9.89. The van der Waals surface area contributed by atoms with Crippen molar-refractivity contribution in [3.8, 4) is 5.75 Å². The summed E-state index contributed by atoms with van der Waals surface area (Å²) in [6, 6.07) is 13.1. The number of aromatic carboxylic acids is 2. The van der Waals surface area contributed by atoms with Gasteiger partial charge in [0.25, 0.3) is 0 Å². The van der Waals surface area contributed by atoms with Crippen LogP contribution in [0.4, 0.5) is 0 Å². The Kier molecular flexibility index (Phi) is 6.90. The quantitative estimate of drug-likeness (QED) is 0.173. The highest BCUT2D eigenvalue weighted by Crippen LogP contribution is 2.42. The zero-order valence-corrected chi connectivity index (χ0v) is 23.5. The second kappa shape index (κ2) is 10.7. The molecule has 0 aliphatic rings. The maximum absolute atomic E-state index is 12.8. The predicted octanol–water partition coefficient (Wildman–Crippen LogP) is 4.71. The van der Waals surface area contributed by atoms with Gasteiger partial charge in [0.05, 0.1) is 57.9 Å². The van der Waals surface area contributed by atoms with Gasteiger partial charge in [-0.05, 0) is 42.5 Å². The minimum absolute atomic E-state index is 0.00386. The van der Waals surface area contributed by atoms with Crippen molar-refractivity contribution in [1.29, 1.82) is 0 Å². The third-order valence-electron chi connectivity index (χ3n) is 6.72. The number of methoxy groups -OCH3 is 2. The number of carbonyl (C=O) groups excluding carboxylic acids is 2. The molecule has 0 aliphatic heterocycles. The van der Waals surface area contributed by atoms with Crippen LogP contribution in [0.1, 0.15) is 41.4 Å². The number of carboxylic acid groups (broad SMARTS) is 2. The maximum Gasteiger partial charge on any atom is 0.340 e. The third-order valence-corrected chi connectivity index (χ3v) is 7.73. The molecule has 0 aliphatic carbocycles. The molecule has 3 N–H and O–H groups in total. The number of nitrogens with zero attached hydrogens (tertiary/aromatic N) is 4. The van der Waals surface area contributed by atoms with E-state index in [1.54, 1.807) is 6.07 Å². The van der Waals surface area contributed by atoms with Gasteiger partial charge in [-0.2, -0.15) is 0 Å². The lowest BCUT2D eigenvalue weighted by atomic mass is 10.1. The molecular formula is C30H18N4O9S. The van der Waals surface area contributed by atoms with E-state index in [2.05, 4.69) is 19.9 Å². The van der Waals surface area contributed by atoms with E-state index in [1.807, 2.05) is 0 Å². The molecule has 2 aromatic heterocycles. The van der Waals surface area contributed by atoms with Crippen molar-refractivity contribution < 1.29 is 44.0 Å². The molecule has 6 aromatic rings. The lowest BCUT2D eigenvalue weighted by Gasteiger charge is -2.13. The van der Waals surface area contributed by atoms with E-state index in [0.29, 0.717) is 4.90 Å². The molecule has 0 saturated heterocycles. The monoisotopic (exact) mass is 610 g/mol. The topological polar surface area (TPSA) is 199 Å². The minimum Gasteiger partial charge on any atom is -0.504 e. The summed E-state index contributed by atoms with van der Waals surface area (Å²) in [4.78, 5) is 67.5. The lowest BCUT2D eigenvalue weighted by molar-refractivity contribution is 0.0593. The van der Waals surface area contributed by atoms with Gasteiger partial charge in [0.1, 0.15) is 27.6 Å². The van der Waals surface area contributed by atoms with Gasteiger partial charge in [0.15, 0.2) is 5.75 Å². The number of carbonyl (C=O) groups is 4. The van der Waals surface area contributed by atoms with Crippen molar-refractivity contribution in [1.82, 2.24) is 19.9 Å². The minimum atomic E-state index is -1.26. The fraction of sp³-hybridized carbons (Fsp3) is 0.0667. The zero-order valence-electron chi connectivity index (χ0n) is 22.7. The second-order valence-corrected chi connectivity index (χ2v) is 10.4. The number of carboxylic acids is 2. The molecule has 0 unspecified atom stereocenters. The standard InChI is InChI=1S/C30H18N4O9S/c1-42-29(40)15-9-12(10-19-23(15)31-17-7-3-5-13(27(36)37)21(17)33-19)44-20-11-16(30(41)43-2)24-25(26(20)35)34-22-14(28(38)39)6-4-8-18(22)32-24/h3-11,35H,1-2H3,(H,36,37)(H,38,39). The molecule has 13 nitrogen and oxygen atoms in total. The number of benzene rings is 4. The van der Waals surface area contributed by atoms with Crippen LogP contribution in [0.25, 0.3) is 44.1 Å². The first-order valence-electron chi connectivity index (χ1n) is 12.6. The predicted molar refractivity (Wildman–Crippen MR) is 156 cm³/mol. The van der Waals surface area contributed by atoms with Crippen LogP contribution in [0.2, 0.25) is 0 Å². The van der Waals surface area contributed by atoms with Crippen LogP contribution in [0, 0.1) is 0 Å².